The number of carbonyl (C=O) groups excluding carboxylic acids is 2. The number of carbonyl (C=O) groups is 2. The monoisotopic (exact) mass is 345 g/mol. The van der Waals surface area contributed by atoms with Crippen LogP contribution < -0.4 is 0 Å². The first-order valence-corrected chi connectivity index (χ1v) is 8.49. The number of hydrogen-bond donors (Lipinski definition) is 0. The minimum Gasteiger partial charge on any atom is -0.450 e. The van der Waals surface area contributed by atoms with Crippen molar-refractivity contribution in [3.63, 3.8) is 0 Å². The zero-order chi connectivity index (χ0) is 18.1. The molecule has 0 spiro atoms. The molecule has 0 unspecified atom stereocenters. The van der Waals surface area contributed by atoms with E-state index in [-0.39, 0.29) is 18.3 Å². The van der Waals surface area contributed by atoms with Crippen LogP contribution in [0.1, 0.15) is 42.3 Å². The van der Waals surface area contributed by atoms with Gasteiger partial charge in [0.2, 0.25) is 0 Å². The van der Waals surface area contributed by atoms with E-state index in [1.807, 2.05) is 19.9 Å². The Morgan fingerprint density at radius 2 is 1.88 bits per heavy atom. The summed E-state index contributed by atoms with van der Waals surface area (Å²) in [5.41, 5.74) is 1.61. The van der Waals surface area contributed by atoms with E-state index in [0.717, 1.165) is 17.8 Å². The van der Waals surface area contributed by atoms with Gasteiger partial charge in [0.05, 0.1) is 0 Å². The third-order valence-electron chi connectivity index (χ3n) is 4.35. The number of piperidine rings is 1. The van der Waals surface area contributed by atoms with E-state index in [1.165, 1.54) is 4.52 Å². The van der Waals surface area contributed by atoms with Crippen LogP contribution in [0.5, 0.6) is 0 Å². The van der Waals surface area contributed by atoms with Crippen LogP contribution in [-0.4, -0.2) is 56.1 Å². The number of fused-ring (bicyclic) bond motifs is 1. The molecule has 8 nitrogen and oxygen atoms in total. The first-order chi connectivity index (χ1) is 11.8. The summed E-state index contributed by atoms with van der Waals surface area (Å²) >= 11 is 0. The van der Waals surface area contributed by atoms with Crippen molar-refractivity contribution in [2.24, 2.45) is 11.8 Å². The van der Waals surface area contributed by atoms with Gasteiger partial charge in [0.1, 0.15) is 0 Å². The van der Waals surface area contributed by atoms with E-state index in [1.54, 1.807) is 4.90 Å². The summed E-state index contributed by atoms with van der Waals surface area (Å²) < 4.78 is 6.60. The van der Waals surface area contributed by atoms with Gasteiger partial charge in [-0.05, 0) is 38.2 Å². The number of ether oxygens (including phenoxy) is 1. The van der Waals surface area contributed by atoms with Crippen LogP contribution in [-0.2, 0) is 9.53 Å². The molecule has 2 aromatic heterocycles. The van der Waals surface area contributed by atoms with Crippen LogP contribution >= 0.6 is 0 Å². The van der Waals surface area contributed by atoms with Crippen molar-refractivity contribution in [3.05, 3.63) is 23.3 Å². The number of rotatable bonds is 3. The first kappa shape index (κ1) is 17.3. The third kappa shape index (κ3) is 3.78. The zero-order valence-corrected chi connectivity index (χ0v) is 15.0. The van der Waals surface area contributed by atoms with Crippen LogP contribution in [0, 0.1) is 25.7 Å². The molecule has 0 aromatic carbocycles. The number of likely N-dealkylation sites (tertiary alicyclic amines) is 1. The maximum Gasteiger partial charge on any atom is 0.378 e. The summed E-state index contributed by atoms with van der Waals surface area (Å²) in [6.07, 6.45) is 1.11. The van der Waals surface area contributed by atoms with Gasteiger partial charge in [-0.25, -0.2) is 14.3 Å². The molecule has 1 amide bonds. The predicted octanol–water partition coefficient (Wildman–Crippen LogP) is 1.40. The van der Waals surface area contributed by atoms with Gasteiger partial charge in [-0.2, -0.15) is 4.98 Å². The molecule has 1 fully saturated rings. The van der Waals surface area contributed by atoms with E-state index in [2.05, 4.69) is 28.9 Å². The highest BCUT2D eigenvalue weighted by Gasteiger charge is 2.26. The lowest BCUT2D eigenvalue weighted by atomic mass is 9.92. The fraction of sp³-hybridized carbons (Fsp3) is 0.588. The Hall–Kier alpha value is -2.51. The molecule has 134 valence electrons. The highest BCUT2D eigenvalue weighted by atomic mass is 16.5. The van der Waals surface area contributed by atoms with Crippen molar-refractivity contribution in [1.82, 2.24) is 24.5 Å². The number of aromatic nitrogens is 4. The van der Waals surface area contributed by atoms with Gasteiger partial charge in [-0.1, -0.05) is 13.8 Å². The Balaban J connectivity index is 1.64. The first-order valence-electron chi connectivity index (χ1n) is 8.49. The minimum atomic E-state index is -0.714. The summed E-state index contributed by atoms with van der Waals surface area (Å²) in [4.78, 5) is 34.5. The van der Waals surface area contributed by atoms with Crippen molar-refractivity contribution in [1.29, 1.82) is 0 Å². The molecule has 0 N–H and O–H groups in total. The molecule has 0 saturated carbocycles. The minimum absolute atomic E-state index is 0.0885. The number of esters is 1. The Morgan fingerprint density at radius 3 is 2.56 bits per heavy atom. The van der Waals surface area contributed by atoms with E-state index in [4.69, 9.17) is 4.74 Å². The fourth-order valence-corrected chi connectivity index (χ4v) is 3.40. The Bertz CT molecular complexity index is 806. The average Bonchev–Trinajstić information content (AvgIpc) is 2.95. The van der Waals surface area contributed by atoms with Crippen LogP contribution in [0.4, 0.5) is 0 Å². The molecule has 0 radical (unpaired) electrons. The van der Waals surface area contributed by atoms with Gasteiger partial charge in [-0.15, -0.1) is 5.10 Å². The lowest BCUT2D eigenvalue weighted by Crippen LogP contribution is -2.44. The van der Waals surface area contributed by atoms with Crippen LogP contribution in [0.15, 0.2) is 6.07 Å². The number of aryl methyl sites for hydroxylation is 2. The van der Waals surface area contributed by atoms with Gasteiger partial charge >= 0.3 is 5.97 Å². The summed E-state index contributed by atoms with van der Waals surface area (Å²) in [5.74, 6) is 0.278. The number of nitrogens with zero attached hydrogens (tertiary/aromatic N) is 5. The second-order valence-electron chi connectivity index (χ2n) is 7.01. The molecule has 0 aliphatic carbocycles. The van der Waals surface area contributed by atoms with Gasteiger partial charge in [0.15, 0.2) is 6.61 Å². The van der Waals surface area contributed by atoms with E-state index in [0.29, 0.717) is 30.7 Å². The summed E-state index contributed by atoms with van der Waals surface area (Å²) in [6, 6.07) is 1.85. The number of amides is 1. The maximum atomic E-state index is 12.3. The van der Waals surface area contributed by atoms with Crippen molar-refractivity contribution < 1.29 is 14.3 Å². The summed E-state index contributed by atoms with van der Waals surface area (Å²) in [5, 5.41) is 4.11. The Labute approximate surface area is 146 Å². The Kier molecular flexibility index (Phi) is 4.69. The standard InChI is InChI=1S/C17H23N5O3/c1-10-5-11(2)8-21(7-10)14(23)9-25-16(24)15-19-17-18-12(3)6-13(4)22(17)20-15/h6,10-11H,5,7-9H2,1-4H3/t10-,11+. The quantitative estimate of drug-likeness (QED) is 0.781. The average molecular weight is 345 g/mol. The lowest BCUT2D eigenvalue weighted by Gasteiger charge is -2.34. The molecule has 3 heterocycles. The Morgan fingerprint density at radius 1 is 1.20 bits per heavy atom. The van der Waals surface area contributed by atoms with Gasteiger partial charge < -0.3 is 9.64 Å². The molecule has 3 rings (SSSR count). The van der Waals surface area contributed by atoms with E-state index in [9.17, 15) is 9.59 Å². The molecule has 8 heteroatoms. The highest BCUT2D eigenvalue weighted by molar-refractivity contribution is 5.88. The van der Waals surface area contributed by atoms with Crippen molar-refractivity contribution in [2.45, 2.75) is 34.1 Å². The molecule has 0 bridgehead atoms. The van der Waals surface area contributed by atoms with Crippen LogP contribution in [0.3, 0.4) is 0 Å². The normalized spacial score (nSPS) is 20.7. The molecular weight excluding hydrogens is 322 g/mol. The van der Waals surface area contributed by atoms with Crippen LogP contribution in [0.25, 0.3) is 5.78 Å². The molecule has 1 aliphatic rings. The van der Waals surface area contributed by atoms with E-state index >= 15 is 0 Å². The van der Waals surface area contributed by atoms with E-state index < -0.39 is 5.97 Å². The highest BCUT2D eigenvalue weighted by Crippen LogP contribution is 2.20. The smallest absolute Gasteiger partial charge is 0.378 e. The topological polar surface area (TPSA) is 89.7 Å². The van der Waals surface area contributed by atoms with Crippen molar-refractivity contribution >= 4 is 17.7 Å². The molecule has 25 heavy (non-hydrogen) atoms. The maximum absolute atomic E-state index is 12.3. The van der Waals surface area contributed by atoms with Gasteiger partial charge in [0.25, 0.3) is 17.5 Å². The van der Waals surface area contributed by atoms with Gasteiger partial charge in [-0.3, -0.25) is 4.79 Å². The summed E-state index contributed by atoms with van der Waals surface area (Å²) in [6.45, 7) is 9.07. The summed E-state index contributed by atoms with van der Waals surface area (Å²) in [7, 11) is 0. The van der Waals surface area contributed by atoms with Crippen molar-refractivity contribution in [3.8, 4) is 0 Å². The molecular formula is C17H23N5O3. The number of hydrogen-bond acceptors (Lipinski definition) is 6. The molecule has 2 atom stereocenters. The second kappa shape index (κ2) is 6.78. The lowest BCUT2D eigenvalue weighted by molar-refractivity contribution is -0.137. The largest absolute Gasteiger partial charge is 0.450 e. The van der Waals surface area contributed by atoms with Crippen molar-refractivity contribution in [2.75, 3.05) is 19.7 Å². The molecule has 1 saturated heterocycles. The molecule has 1 aliphatic heterocycles. The van der Waals surface area contributed by atoms with Gasteiger partial charge in [0, 0.05) is 24.5 Å². The zero-order valence-electron chi connectivity index (χ0n) is 15.0. The third-order valence-corrected chi connectivity index (χ3v) is 4.35. The predicted molar refractivity (Wildman–Crippen MR) is 90.1 cm³/mol. The fourth-order valence-electron chi connectivity index (χ4n) is 3.40. The second-order valence-corrected chi connectivity index (χ2v) is 7.01. The molecule has 2 aromatic rings. The van der Waals surface area contributed by atoms with Crippen LogP contribution in [0.2, 0.25) is 0 Å². The SMILES string of the molecule is Cc1cc(C)n2nc(C(=O)OCC(=O)N3C[C@H](C)C[C@H](C)C3)nc2n1.